The maximum absolute atomic E-state index is 3.76. The predicted molar refractivity (Wildman–Crippen MR) is 86.0 cm³/mol. The van der Waals surface area contributed by atoms with Gasteiger partial charge in [0.05, 0.1) is 23.8 Å². The van der Waals surface area contributed by atoms with Crippen molar-refractivity contribution >= 4 is 55.5 Å². The number of hydrogen-bond donors (Lipinski definition) is 2. The largest absolute Gasteiger partial charge is 0.260 e. The number of hydrogen-bond acceptors (Lipinski definition) is 5. The fourth-order valence-corrected chi connectivity index (χ4v) is 85.3. The van der Waals surface area contributed by atoms with E-state index in [4.69, 9.17) is 0 Å². The van der Waals surface area contributed by atoms with Crippen molar-refractivity contribution in [3.8, 4) is 0 Å². The molecule has 9 heteroatoms. The molecule has 0 amide bonds. The molecule has 2 aromatic heterocycles. The highest BCUT2D eigenvalue weighted by atomic mass is 33.4. The van der Waals surface area contributed by atoms with Crippen LogP contribution in [0.5, 0.6) is 0 Å². The third-order valence-corrected chi connectivity index (χ3v) is 49.5. The van der Waals surface area contributed by atoms with Gasteiger partial charge in [0, 0.05) is 12.1 Å². The van der Waals surface area contributed by atoms with E-state index in [0.29, 0.717) is 12.1 Å². The summed E-state index contributed by atoms with van der Waals surface area (Å²) in [6.07, 6.45) is 0. The smallest absolute Gasteiger partial charge is 0.0674 e. The van der Waals surface area contributed by atoms with Crippen molar-refractivity contribution in [2.75, 3.05) is 10.2 Å². The van der Waals surface area contributed by atoms with E-state index in [9.17, 15) is 0 Å². The second-order valence-electron chi connectivity index (χ2n) is 3.83. The Morgan fingerprint density at radius 2 is 1.13 bits per heavy atom. The van der Waals surface area contributed by atoms with Crippen LogP contribution in [0.25, 0.3) is 0 Å². The molecule has 2 rings (SSSR count). The third-order valence-electron chi connectivity index (χ3n) is 1.47. The van der Waals surface area contributed by atoms with Gasteiger partial charge in [-0.15, -0.1) is 0 Å². The van der Waals surface area contributed by atoms with Crippen molar-refractivity contribution < 1.29 is 0 Å². The average Bonchev–Trinajstić information content (AvgIpc) is 2.60. The Balaban J connectivity index is 2.21. The van der Waals surface area contributed by atoms with Crippen LogP contribution >= 0.6 is 55.5 Å². The molecule has 2 heterocycles. The molecule has 4 unspecified atom stereocenters. The molecule has 0 saturated heterocycles. The Morgan fingerprint density at radius 3 is 1.40 bits per heavy atom. The lowest BCUT2D eigenvalue weighted by molar-refractivity contribution is 0.932. The summed E-state index contributed by atoms with van der Waals surface area (Å²) in [5.74, 6) is 0. The summed E-state index contributed by atoms with van der Waals surface area (Å²) >= 11 is 0. The summed E-state index contributed by atoms with van der Waals surface area (Å²) in [5, 5.41) is 7.94. The van der Waals surface area contributed by atoms with E-state index >= 15 is 0 Å². The van der Waals surface area contributed by atoms with Crippen LogP contribution in [0.3, 0.4) is 0 Å². The summed E-state index contributed by atoms with van der Waals surface area (Å²) < 4.78 is 0. The van der Waals surface area contributed by atoms with Crippen LogP contribution in [0.2, 0.25) is 0 Å². The quantitative estimate of drug-likeness (QED) is 0.657. The van der Waals surface area contributed by atoms with Crippen LogP contribution in [0.1, 0.15) is 27.7 Å². The molecule has 2 bridgehead atoms. The van der Waals surface area contributed by atoms with Gasteiger partial charge in [-0.25, -0.2) is 0 Å². The minimum Gasteiger partial charge on any atom is -0.260 e. The van der Waals surface area contributed by atoms with Crippen LogP contribution in [0.4, 0.5) is 0 Å². The summed E-state index contributed by atoms with van der Waals surface area (Å²) in [6.45, 7) is 9.29. The van der Waals surface area contributed by atoms with Crippen molar-refractivity contribution in [1.82, 2.24) is 0 Å². The van der Waals surface area contributed by atoms with Crippen molar-refractivity contribution in [2.24, 2.45) is 0 Å². The Kier molecular flexibility index (Phi) is 4.95. The lowest BCUT2D eigenvalue weighted by Crippen LogP contribution is -2.04. The summed E-state index contributed by atoms with van der Waals surface area (Å²) in [5.41, 5.74) is 0. The maximum atomic E-state index is 3.76. The molecule has 2 aromatic rings. The molecule has 4 atom stereocenters. The molecule has 0 aliphatic rings. The summed E-state index contributed by atoms with van der Waals surface area (Å²) in [6, 6.07) is 1.32. The molecule has 0 saturated carbocycles. The highest BCUT2D eigenvalue weighted by Crippen LogP contribution is 2.79. The molecule has 0 fully saturated rings. The van der Waals surface area contributed by atoms with E-state index in [1.165, 1.54) is 0 Å². The van der Waals surface area contributed by atoms with E-state index in [1.807, 2.05) is 0 Å². The second kappa shape index (κ2) is 5.61. The molecule has 15 heavy (non-hydrogen) atoms. The Labute approximate surface area is 105 Å². The van der Waals surface area contributed by atoms with Gasteiger partial charge in [-0.1, -0.05) is 31.6 Å². The fraction of sp³-hybridized carbons (Fsp3) is 1.00. The maximum Gasteiger partial charge on any atom is 0.0674 e. The minimum atomic E-state index is 0.112. The molecular formula is C6H16N2P4S3. The molecule has 0 radical (unpaired) electrons. The van der Waals surface area contributed by atoms with Gasteiger partial charge in [0.25, 0.3) is 0 Å². The standard InChI is InChI=1S/C6H16N2P4S3/c1-5(2)7-9-11-14-10(8-6(3)4)12(13-9)15-11/h5-8H,1-4H3. The first-order chi connectivity index (χ1) is 7.06. The highest BCUT2D eigenvalue weighted by molar-refractivity contribution is 8.80. The first-order valence-electron chi connectivity index (χ1n) is 4.83. The predicted octanol–water partition coefficient (Wildman–Crippen LogP) is 6.59. The topological polar surface area (TPSA) is 24.1 Å². The Morgan fingerprint density at radius 1 is 0.733 bits per heavy atom. The van der Waals surface area contributed by atoms with Gasteiger partial charge in [0.2, 0.25) is 0 Å². The zero-order chi connectivity index (χ0) is 11.0. The molecule has 0 aliphatic carbocycles. The van der Waals surface area contributed by atoms with Crippen LogP contribution in [0, 0.1) is 0 Å². The van der Waals surface area contributed by atoms with Crippen molar-refractivity contribution in [3.05, 3.63) is 0 Å². The monoisotopic (exact) mass is 336 g/mol. The van der Waals surface area contributed by atoms with Gasteiger partial charge >= 0.3 is 0 Å². The zero-order valence-electron chi connectivity index (χ0n) is 9.17. The number of nitrogens with one attached hydrogen (secondary N) is 2. The SMILES string of the molecule is CC(C)Np1sp2sp1sp2NC(C)C. The third kappa shape index (κ3) is 3.38. The molecule has 88 valence electrons. The zero-order valence-corrected chi connectivity index (χ0v) is 15.2. The molecule has 2 nitrogen and oxygen atoms in total. The normalized spacial score (nSPS) is 17.2. The van der Waals surface area contributed by atoms with Crippen molar-refractivity contribution in [3.63, 3.8) is 0 Å². The summed E-state index contributed by atoms with van der Waals surface area (Å²) in [7, 11) is 6.91. The lowest BCUT2D eigenvalue weighted by atomic mass is 10.4. The average molecular weight is 336 g/mol. The van der Waals surface area contributed by atoms with E-state index in [-0.39, 0.29) is 23.8 Å². The molecule has 0 aliphatic heterocycles. The van der Waals surface area contributed by atoms with Gasteiger partial charge in [-0.05, 0) is 27.7 Å². The van der Waals surface area contributed by atoms with Crippen LogP contribution in [-0.2, 0) is 0 Å². The van der Waals surface area contributed by atoms with Crippen molar-refractivity contribution in [1.29, 1.82) is 0 Å². The van der Waals surface area contributed by atoms with Gasteiger partial charge in [0.1, 0.15) is 0 Å². The number of fused-ring (bicyclic) bond motifs is 2. The fourth-order valence-electron chi connectivity index (χ4n) is 0.997. The van der Waals surface area contributed by atoms with Gasteiger partial charge in [-0.3, -0.25) is 10.2 Å². The van der Waals surface area contributed by atoms with Crippen LogP contribution < -0.4 is 10.2 Å². The summed E-state index contributed by atoms with van der Waals surface area (Å²) in [4.78, 5) is 0. The molecule has 0 aromatic carbocycles. The van der Waals surface area contributed by atoms with E-state index in [0.717, 1.165) is 0 Å². The minimum absolute atomic E-state index is 0.112. The van der Waals surface area contributed by atoms with Gasteiger partial charge < -0.3 is 0 Å². The van der Waals surface area contributed by atoms with Crippen LogP contribution in [0.15, 0.2) is 0 Å². The van der Waals surface area contributed by atoms with Gasteiger partial charge in [0.15, 0.2) is 0 Å². The first-order valence-corrected chi connectivity index (χ1v) is 17.7. The van der Waals surface area contributed by atoms with E-state index in [1.54, 1.807) is 0 Å². The molecule has 0 spiro atoms. The van der Waals surface area contributed by atoms with E-state index in [2.05, 4.69) is 69.5 Å². The van der Waals surface area contributed by atoms with Crippen LogP contribution in [-0.4, -0.2) is 12.1 Å². The van der Waals surface area contributed by atoms with Gasteiger partial charge in [-0.2, -0.15) is 0 Å². The lowest BCUT2D eigenvalue weighted by Gasteiger charge is -2.08. The highest BCUT2D eigenvalue weighted by Gasteiger charge is 2.13. The number of rotatable bonds is 4. The Hall–Kier alpha value is 1.78. The van der Waals surface area contributed by atoms with Crippen molar-refractivity contribution in [2.45, 2.75) is 39.8 Å². The Bertz CT molecular complexity index is 406. The molecule has 2 N–H and O–H groups in total. The second-order valence-corrected chi connectivity index (χ2v) is 30.4. The first kappa shape index (κ1) is 13.2. The van der Waals surface area contributed by atoms with E-state index < -0.39 is 0 Å². The molecular weight excluding hydrogens is 320 g/mol.